The van der Waals surface area contributed by atoms with Gasteiger partial charge < -0.3 is 10.5 Å². The third-order valence-electron chi connectivity index (χ3n) is 3.56. The van der Waals surface area contributed by atoms with Crippen molar-refractivity contribution in [1.29, 1.82) is 0 Å². The third kappa shape index (κ3) is 1.74. The molecule has 1 aliphatic heterocycles. The lowest BCUT2D eigenvalue weighted by atomic mass is 9.93. The molecule has 0 amide bonds. The number of benzene rings is 1. The first-order valence-electron chi connectivity index (χ1n) is 6.00. The van der Waals surface area contributed by atoms with Gasteiger partial charge in [-0.15, -0.1) is 0 Å². The van der Waals surface area contributed by atoms with Crippen LogP contribution >= 0.6 is 0 Å². The zero-order valence-electron chi connectivity index (χ0n) is 9.36. The van der Waals surface area contributed by atoms with Gasteiger partial charge in [0.2, 0.25) is 0 Å². The van der Waals surface area contributed by atoms with Crippen molar-refractivity contribution in [3.63, 3.8) is 0 Å². The average Bonchev–Trinajstić information content (AvgIpc) is 2.87. The number of hydrogen-bond acceptors (Lipinski definition) is 2. The number of hydrogen-bond donors (Lipinski definition) is 1. The van der Waals surface area contributed by atoms with E-state index in [-0.39, 0.29) is 6.04 Å². The van der Waals surface area contributed by atoms with Gasteiger partial charge in [0.25, 0.3) is 0 Å². The van der Waals surface area contributed by atoms with Crippen LogP contribution < -0.4 is 10.5 Å². The molecule has 2 heteroatoms. The predicted octanol–water partition coefficient (Wildman–Crippen LogP) is 2.60. The van der Waals surface area contributed by atoms with Crippen molar-refractivity contribution in [2.24, 2.45) is 5.73 Å². The fraction of sp³-hybridized carbons (Fsp3) is 0.429. The summed E-state index contributed by atoms with van der Waals surface area (Å²) in [5.41, 5.74) is 8.76. The van der Waals surface area contributed by atoms with Gasteiger partial charge in [-0.25, -0.2) is 0 Å². The minimum atomic E-state index is 0.285. The highest BCUT2D eigenvalue weighted by atomic mass is 16.5. The summed E-state index contributed by atoms with van der Waals surface area (Å²) < 4.78 is 5.69. The SMILES string of the molecule is NC1C=C(CC2COc3ccccc32)CC1. The summed E-state index contributed by atoms with van der Waals surface area (Å²) in [4.78, 5) is 0. The molecule has 1 heterocycles. The molecule has 3 rings (SSSR count). The van der Waals surface area contributed by atoms with Crippen LogP contribution in [0.25, 0.3) is 0 Å². The van der Waals surface area contributed by atoms with Gasteiger partial charge in [0.15, 0.2) is 0 Å². The molecule has 1 aromatic carbocycles. The second kappa shape index (κ2) is 3.95. The topological polar surface area (TPSA) is 35.2 Å². The number of fused-ring (bicyclic) bond motifs is 1. The Morgan fingerprint density at radius 1 is 1.31 bits per heavy atom. The van der Waals surface area contributed by atoms with Gasteiger partial charge in [0.1, 0.15) is 5.75 Å². The standard InChI is InChI=1S/C14H17NO/c15-12-6-5-10(8-12)7-11-9-16-14-4-2-1-3-13(11)14/h1-4,8,11-12H,5-7,9,15H2. The molecular formula is C14H17NO. The summed E-state index contributed by atoms with van der Waals surface area (Å²) in [6.07, 6.45) is 5.63. The van der Waals surface area contributed by atoms with E-state index in [1.165, 1.54) is 17.6 Å². The van der Waals surface area contributed by atoms with Crippen LogP contribution in [0.3, 0.4) is 0 Å². The van der Waals surface area contributed by atoms with E-state index < -0.39 is 0 Å². The Morgan fingerprint density at radius 3 is 3.00 bits per heavy atom. The molecule has 0 spiro atoms. The van der Waals surface area contributed by atoms with Crippen LogP contribution in [-0.2, 0) is 0 Å². The summed E-state index contributed by atoms with van der Waals surface area (Å²) in [7, 11) is 0. The van der Waals surface area contributed by atoms with E-state index in [1.807, 2.05) is 6.07 Å². The number of nitrogens with two attached hydrogens (primary N) is 1. The molecular weight excluding hydrogens is 198 g/mol. The summed E-state index contributed by atoms with van der Waals surface area (Å²) >= 11 is 0. The maximum absolute atomic E-state index is 5.89. The Morgan fingerprint density at radius 2 is 2.19 bits per heavy atom. The van der Waals surface area contributed by atoms with Crippen molar-refractivity contribution in [1.82, 2.24) is 0 Å². The average molecular weight is 215 g/mol. The van der Waals surface area contributed by atoms with Crippen LogP contribution in [0.5, 0.6) is 5.75 Å². The molecule has 16 heavy (non-hydrogen) atoms. The fourth-order valence-electron chi connectivity index (χ4n) is 2.71. The van der Waals surface area contributed by atoms with Gasteiger partial charge in [0, 0.05) is 17.5 Å². The summed E-state index contributed by atoms with van der Waals surface area (Å²) in [6, 6.07) is 8.65. The molecule has 2 unspecified atom stereocenters. The highest BCUT2D eigenvalue weighted by Crippen LogP contribution is 2.38. The van der Waals surface area contributed by atoms with E-state index in [0.717, 1.165) is 25.2 Å². The van der Waals surface area contributed by atoms with Crippen molar-refractivity contribution in [3.8, 4) is 5.75 Å². The number of ether oxygens (including phenoxy) is 1. The van der Waals surface area contributed by atoms with Crippen molar-refractivity contribution >= 4 is 0 Å². The lowest BCUT2D eigenvalue weighted by Crippen LogP contribution is -2.11. The predicted molar refractivity (Wildman–Crippen MR) is 64.6 cm³/mol. The molecule has 2 N–H and O–H groups in total. The van der Waals surface area contributed by atoms with Crippen molar-refractivity contribution < 1.29 is 4.74 Å². The highest BCUT2D eigenvalue weighted by Gasteiger charge is 2.25. The molecule has 1 aliphatic carbocycles. The third-order valence-corrected chi connectivity index (χ3v) is 3.56. The minimum absolute atomic E-state index is 0.285. The van der Waals surface area contributed by atoms with Gasteiger partial charge >= 0.3 is 0 Å². The number of allylic oxidation sites excluding steroid dienone is 1. The number of para-hydroxylation sites is 1. The van der Waals surface area contributed by atoms with Crippen molar-refractivity contribution in [3.05, 3.63) is 41.5 Å². The molecule has 2 aliphatic rings. The lowest BCUT2D eigenvalue weighted by molar-refractivity contribution is 0.329. The van der Waals surface area contributed by atoms with E-state index in [4.69, 9.17) is 10.5 Å². The molecule has 2 atom stereocenters. The highest BCUT2D eigenvalue weighted by molar-refractivity contribution is 5.40. The van der Waals surface area contributed by atoms with Gasteiger partial charge in [-0.3, -0.25) is 0 Å². The largest absolute Gasteiger partial charge is 0.493 e. The van der Waals surface area contributed by atoms with Crippen LogP contribution in [-0.4, -0.2) is 12.6 Å². The Bertz CT molecular complexity index is 424. The van der Waals surface area contributed by atoms with E-state index in [2.05, 4.69) is 24.3 Å². The maximum Gasteiger partial charge on any atom is 0.122 e. The fourth-order valence-corrected chi connectivity index (χ4v) is 2.71. The first kappa shape index (κ1) is 9.91. The van der Waals surface area contributed by atoms with Gasteiger partial charge in [-0.1, -0.05) is 29.8 Å². The van der Waals surface area contributed by atoms with Crippen LogP contribution in [0, 0.1) is 0 Å². The van der Waals surface area contributed by atoms with Crippen molar-refractivity contribution in [2.45, 2.75) is 31.2 Å². The summed E-state index contributed by atoms with van der Waals surface area (Å²) in [5, 5.41) is 0. The van der Waals surface area contributed by atoms with Crippen molar-refractivity contribution in [2.75, 3.05) is 6.61 Å². The van der Waals surface area contributed by atoms with Gasteiger partial charge in [0.05, 0.1) is 6.61 Å². The van der Waals surface area contributed by atoms with E-state index >= 15 is 0 Å². The van der Waals surface area contributed by atoms with Crippen LogP contribution in [0.1, 0.15) is 30.7 Å². The first-order valence-corrected chi connectivity index (χ1v) is 6.00. The van der Waals surface area contributed by atoms with E-state index in [1.54, 1.807) is 0 Å². The first-order chi connectivity index (χ1) is 7.83. The molecule has 0 aromatic heterocycles. The molecule has 0 bridgehead atoms. The summed E-state index contributed by atoms with van der Waals surface area (Å²) in [5.74, 6) is 1.60. The van der Waals surface area contributed by atoms with E-state index in [9.17, 15) is 0 Å². The smallest absolute Gasteiger partial charge is 0.122 e. The molecule has 0 saturated heterocycles. The Balaban J connectivity index is 1.76. The molecule has 0 saturated carbocycles. The van der Waals surface area contributed by atoms with Gasteiger partial charge in [-0.05, 0) is 25.3 Å². The quantitative estimate of drug-likeness (QED) is 0.770. The normalized spacial score (nSPS) is 27.4. The van der Waals surface area contributed by atoms with Crippen LogP contribution in [0.2, 0.25) is 0 Å². The molecule has 84 valence electrons. The zero-order chi connectivity index (χ0) is 11.0. The molecule has 2 nitrogen and oxygen atoms in total. The van der Waals surface area contributed by atoms with Crippen LogP contribution in [0.4, 0.5) is 0 Å². The Labute approximate surface area is 96.1 Å². The molecule has 0 fully saturated rings. The second-order valence-corrected chi connectivity index (χ2v) is 4.78. The van der Waals surface area contributed by atoms with Gasteiger partial charge in [-0.2, -0.15) is 0 Å². The summed E-state index contributed by atoms with van der Waals surface area (Å²) in [6.45, 7) is 0.825. The number of rotatable bonds is 2. The maximum atomic E-state index is 5.89. The molecule has 0 radical (unpaired) electrons. The van der Waals surface area contributed by atoms with E-state index in [0.29, 0.717) is 5.92 Å². The molecule has 1 aromatic rings. The lowest BCUT2D eigenvalue weighted by Gasteiger charge is -2.09. The second-order valence-electron chi connectivity index (χ2n) is 4.78. The Kier molecular flexibility index (Phi) is 2.44. The minimum Gasteiger partial charge on any atom is -0.493 e. The van der Waals surface area contributed by atoms with Crippen LogP contribution in [0.15, 0.2) is 35.9 Å². The zero-order valence-corrected chi connectivity index (χ0v) is 9.36. The Hall–Kier alpha value is -1.28. The monoisotopic (exact) mass is 215 g/mol.